The van der Waals surface area contributed by atoms with E-state index in [9.17, 15) is 4.79 Å². The number of hydrogen-bond acceptors (Lipinski definition) is 5. The van der Waals surface area contributed by atoms with E-state index in [1.807, 2.05) is 44.2 Å². The molecule has 0 aliphatic carbocycles. The first kappa shape index (κ1) is 19.7. The summed E-state index contributed by atoms with van der Waals surface area (Å²) in [5, 5.41) is 0.424. The van der Waals surface area contributed by atoms with Crippen molar-refractivity contribution >= 4 is 57.6 Å². The van der Waals surface area contributed by atoms with E-state index in [4.69, 9.17) is 33.3 Å². The molecule has 0 atom stereocenters. The Kier molecular flexibility index (Phi) is 6.09. The van der Waals surface area contributed by atoms with Gasteiger partial charge in [0, 0.05) is 0 Å². The fourth-order valence-corrected chi connectivity index (χ4v) is 4.15. The number of rotatable bonds is 5. The monoisotopic (exact) mass is 419 g/mol. The zero-order valence-corrected chi connectivity index (χ0v) is 17.5. The van der Waals surface area contributed by atoms with Crippen LogP contribution in [0.15, 0.2) is 47.4 Å². The van der Waals surface area contributed by atoms with Crippen LogP contribution < -0.4 is 14.4 Å². The predicted octanol–water partition coefficient (Wildman–Crippen LogP) is 5.54. The van der Waals surface area contributed by atoms with E-state index in [0.29, 0.717) is 25.7 Å². The molecule has 0 unspecified atom stereocenters. The molecule has 7 heteroatoms. The third-order valence-corrected chi connectivity index (χ3v) is 5.29. The summed E-state index contributed by atoms with van der Waals surface area (Å²) in [5.41, 5.74) is 1.49. The van der Waals surface area contributed by atoms with Gasteiger partial charge in [0.15, 0.2) is 15.8 Å². The molecule has 1 aliphatic heterocycles. The van der Waals surface area contributed by atoms with Gasteiger partial charge in [-0.15, -0.1) is 0 Å². The number of ether oxygens (including phenoxy) is 2. The van der Waals surface area contributed by atoms with E-state index in [1.165, 1.54) is 16.7 Å². The number of para-hydroxylation sites is 1. The Morgan fingerprint density at radius 3 is 2.56 bits per heavy atom. The number of amides is 1. The van der Waals surface area contributed by atoms with Gasteiger partial charge in [0.25, 0.3) is 5.91 Å². The predicted molar refractivity (Wildman–Crippen MR) is 116 cm³/mol. The standard InChI is InChI=1S/C20H18ClNO3S2/c1-12(2)25-18-15(21)9-13(10-16(18)24-3)11-17-19(23)22(20(26)27-17)14-7-5-4-6-8-14/h4-12H,1-3H3/b17-11+. The van der Waals surface area contributed by atoms with Gasteiger partial charge in [-0.2, -0.15) is 0 Å². The molecule has 0 N–H and O–H groups in total. The van der Waals surface area contributed by atoms with Crippen molar-refractivity contribution in [2.24, 2.45) is 0 Å². The zero-order chi connectivity index (χ0) is 19.6. The molecule has 0 bridgehead atoms. The molecule has 140 valence electrons. The summed E-state index contributed by atoms with van der Waals surface area (Å²) in [7, 11) is 1.55. The van der Waals surface area contributed by atoms with Gasteiger partial charge in [-0.05, 0) is 49.8 Å². The maximum Gasteiger partial charge on any atom is 0.270 e. The van der Waals surface area contributed by atoms with Gasteiger partial charge in [0.1, 0.15) is 0 Å². The number of thiocarbonyl (C=S) groups is 1. The van der Waals surface area contributed by atoms with Gasteiger partial charge < -0.3 is 9.47 Å². The van der Waals surface area contributed by atoms with Gasteiger partial charge in [0.05, 0.1) is 28.8 Å². The SMILES string of the molecule is COc1cc(/C=C2/SC(=S)N(c3ccccc3)C2=O)cc(Cl)c1OC(C)C. The molecular weight excluding hydrogens is 402 g/mol. The van der Waals surface area contributed by atoms with Crippen LogP contribution in [-0.4, -0.2) is 23.4 Å². The number of halogens is 1. The molecule has 1 amide bonds. The summed E-state index contributed by atoms with van der Waals surface area (Å²) < 4.78 is 11.6. The molecule has 0 saturated carbocycles. The van der Waals surface area contributed by atoms with Crippen molar-refractivity contribution in [2.45, 2.75) is 20.0 Å². The van der Waals surface area contributed by atoms with Crippen LogP contribution in [-0.2, 0) is 4.79 Å². The van der Waals surface area contributed by atoms with E-state index in [2.05, 4.69) is 0 Å². The number of nitrogens with zero attached hydrogens (tertiary/aromatic N) is 1. The molecule has 0 spiro atoms. The van der Waals surface area contributed by atoms with Crippen LogP contribution in [0.4, 0.5) is 5.69 Å². The number of carbonyl (C=O) groups excluding carboxylic acids is 1. The highest BCUT2D eigenvalue weighted by molar-refractivity contribution is 8.27. The van der Waals surface area contributed by atoms with Crippen LogP contribution in [0.3, 0.4) is 0 Å². The second kappa shape index (κ2) is 8.33. The fraction of sp³-hybridized carbons (Fsp3) is 0.200. The average molecular weight is 420 g/mol. The third kappa shape index (κ3) is 4.29. The van der Waals surface area contributed by atoms with Crippen LogP contribution in [0.1, 0.15) is 19.4 Å². The molecule has 1 saturated heterocycles. The topological polar surface area (TPSA) is 38.8 Å². The van der Waals surface area contributed by atoms with Crippen molar-refractivity contribution in [3.8, 4) is 11.5 Å². The highest BCUT2D eigenvalue weighted by Gasteiger charge is 2.33. The third-order valence-electron chi connectivity index (χ3n) is 3.71. The second-order valence-electron chi connectivity index (χ2n) is 6.05. The normalized spacial score (nSPS) is 15.7. The van der Waals surface area contributed by atoms with Crippen molar-refractivity contribution in [2.75, 3.05) is 12.0 Å². The largest absolute Gasteiger partial charge is 0.493 e. The summed E-state index contributed by atoms with van der Waals surface area (Å²) in [6.45, 7) is 3.83. The van der Waals surface area contributed by atoms with Gasteiger partial charge in [-0.1, -0.05) is 53.8 Å². The van der Waals surface area contributed by atoms with Crippen LogP contribution in [0.2, 0.25) is 5.02 Å². The summed E-state index contributed by atoms with van der Waals surface area (Å²) in [6.07, 6.45) is 1.72. The molecule has 27 heavy (non-hydrogen) atoms. The molecule has 0 radical (unpaired) electrons. The highest BCUT2D eigenvalue weighted by atomic mass is 35.5. The Morgan fingerprint density at radius 2 is 1.93 bits per heavy atom. The Labute approximate surface area is 173 Å². The Bertz CT molecular complexity index is 913. The van der Waals surface area contributed by atoms with Crippen LogP contribution in [0, 0.1) is 0 Å². The van der Waals surface area contributed by atoms with Gasteiger partial charge in [0.2, 0.25) is 0 Å². The number of methoxy groups -OCH3 is 1. The van der Waals surface area contributed by atoms with E-state index < -0.39 is 0 Å². The zero-order valence-electron chi connectivity index (χ0n) is 15.1. The quantitative estimate of drug-likeness (QED) is 0.469. The number of benzene rings is 2. The number of anilines is 1. The summed E-state index contributed by atoms with van der Waals surface area (Å²) in [5.74, 6) is 0.845. The minimum atomic E-state index is -0.159. The first-order chi connectivity index (χ1) is 12.9. The summed E-state index contributed by atoms with van der Waals surface area (Å²) in [6, 6.07) is 12.9. The number of hydrogen-bond donors (Lipinski definition) is 0. The lowest BCUT2D eigenvalue weighted by molar-refractivity contribution is -0.113. The van der Waals surface area contributed by atoms with Crippen LogP contribution in [0.5, 0.6) is 11.5 Å². The Morgan fingerprint density at radius 1 is 1.22 bits per heavy atom. The van der Waals surface area contributed by atoms with Crippen LogP contribution in [0.25, 0.3) is 6.08 Å². The maximum absolute atomic E-state index is 12.8. The minimum absolute atomic E-state index is 0.0376. The maximum atomic E-state index is 12.8. The van der Waals surface area contributed by atoms with Gasteiger partial charge in [-0.25, -0.2) is 0 Å². The Hall–Kier alpha value is -2.02. The lowest BCUT2D eigenvalue weighted by Crippen LogP contribution is -2.27. The van der Waals surface area contributed by atoms with Gasteiger partial charge >= 0.3 is 0 Å². The first-order valence-electron chi connectivity index (χ1n) is 8.28. The lowest BCUT2D eigenvalue weighted by atomic mass is 10.1. The van der Waals surface area contributed by atoms with Crippen molar-refractivity contribution < 1.29 is 14.3 Å². The Balaban J connectivity index is 1.94. The van der Waals surface area contributed by atoms with E-state index in [1.54, 1.807) is 25.3 Å². The van der Waals surface area contributed by atoms with Crippen molar-refractivity contribution in [3.05, 3.63) is 58.0 Å². The lowest BCUT2D eigenvalue weighted by Gasteiger charge is -2.16. The summed E-state index contributed by atoms with van der Waals surface area (Å²) >= 11 is 13.0. The highest BCUT2D eigenvalue weighted by Crippen LogP contribution is 2.40. The molecule has 2 aromatic rings. The van der Waals surface area contributed by atoms with Gasteiger partial charge in [-0.3, -0.25) is 9.69 Å². The number of carbonyl (C=O) groups is 1. The first-order valence-corrected chi connectivity index (χ1v) is 9.88. The molecule has 1 aliphatic rings. The molecule has 2 aromatic carbocycles. The van der Waals surface area contributed by atoms with Crippen molar-refractivity contribution in [1.29, 1.82) is 0 Å². The average Bonchev–Trinajstić information content (AvgIpc) is 2.91. The minimum Gasteiger partial charge on any atom is -0.493 e. The van der Waals surface area contributed by atoms with E-state index in [0.717, 1.165) is 11.3 Å². The molecule has 1 heterocycles. The molecule has 4 nitrogen and oxygen atoms in total. The van der Waals surface area contributed by atoms with Crippen molar-refractivity contribution in [3.63, 3.8) is 0 Å². The van der Waals surface area contributed by atoms with Crippen molar-refractivity contribution in [1.82, 2.24) is 0 Å². The fourth-order valence-electron chi connectivity index (χ4n) is 2.59. The smallest absolute Gasteiger partial charge is 0.270 e. The molecule has 1 fully saturated rings. The second-order valence-corrected chi connectivity index (χ2v) is 8.14. The molecule has 0 aromatic heterocycles. The summed E-state index contributed by atoms with van der Waals surface area (Å²) in [4.78, 5) is 14.9. The van der Waals surface area contributed by atoms with E-state index >= 15 is 0 Å². The molecule has 3 rings (SSSR count). The van der Waals surface area contributed by atoms with E-state index in [-0.39, 0.29) is 12.0 Å². The number of thioether (sulfide) groups is 1. The molecular formula is C20H18ClNO3S2. The van der Waals surface area contributed by atoms with Crippen LogP contribution >= 0.6 is 35.6 Å².